The Morgan fingerprint density at radius 1 is 1.00 bits per heavy atom. The van der Waals surface area contributed by atoms with Crippen molar-refractivity contribution in [2.24, 2.45) is 5.92 Å². The van der Waals surface area contributed by atoms with Gasteiger partial charge in [0.05, 0.1) is 0 Å². The Bertz CT molecular complexity index is 574. The first kappa shape index (κ1) is 21.5. The molecule has 3 unspecified atom stereocenters. The number of fused-ring (bicyclic) bond motifs is 2. The molecule has 4 heteroatoms. The first-order valence-corrected chi connectivity index (χ1v) is 11.9. The zero-order chi connectivity index (χ0) is 19.9. The standard InChI is InChI=1S/C24H42N4/c1-5-20(4)27-17-21-13-14-22(18-27)28(21)24-15-16-25-23(26-24)12-10-8-6-7-9-11-19(2)3/h15-16,19-22H,5-14,17-18H2,1-4H3. The number of hydrogen-bond donors (Lipinski definition) is 0. The monoisotopic (exact) mass is 386 g/mol. The molecule has 2 fully saturated rings. The van der Waals surface area contributed by atoms with E-state index < -0.39 is 0 Å². The normalized spacial score (nSPS) is 23.5. The molecule has 3 atom stereocenters. The third-order valence-electron chi connectivity index (χ3n) is 6.86. The lowest BCUT2D eigenvalue weighted by Gasteiger charge is -2.44. The molecule has 1 aromatic rings. The van der Waals surface area contributed by atoms with E-state index in [1.165, 1.54) is 76.7 Å². The molecule has 0 spiro atoms. The summed E-state index contributed by atoms with van der Waals surface area (Å²) in [5.41, 5.74) is 0. The van der Waals surface area contributed by atoms with Crippen LogP contribution in [0.2, 0.25) is 0 Å². The lowest BCUT2D eigenvalue weighted by molar-refractivity contribution is 0.163. The Morgan fingerprint density at radius 3 is 2.36 bits per heavy atom. The number of rotatable bonds is 11. The van der Waals surface area contributed by atoms with Gasteiger partial charge < -0.3 is 4.90 Å². The van der Waals surface area contributed by atoms with Gasteiger partial charge in [0.15, 0.2) is 0 Å². The summed E-state index contributed by atoms with van der Waals surface area (Å²) in [6.07, 6.45) is 14.9. The van der Waals surface area contributed by atoms with E-state index in [0.717, 1.165) is 18.2 Å². The number of anilines is 1. The van der Waals surface area contributed by atoms with Crippen LogP contribution >= 0.6 is 0 Å². The largest absolute Gasteiger partial charge is 0.348 e. The van der Waals surface area contributed by atoms with Gasteiger partial charge in [-0.05, 0) is 44.6 Å². The van der Waals surface area contributed by atoms with Crippen LogP contribution in [0, 0.1) is 5.92 Å². The molecule has 4 nitrogen and oxygen atoms in total. The summed E-state index contributed by atoms with van der Waals surface area (Å²) in [5.74, 6) is 3.07. The van der Waals surface area contributed by atoms with E-state index >= 15 is 0 Å². The van der Waals surface area contributed by atoms with Gasteiger partial charge in [-0.15, -0.1) is 0 Å². The van der Waals surface area contributed by atoms with Crippen molar-refractivity contribution in [1.29, 1.82) is 0 Å². The molecule has 0 radical (unpaired) electrons. The highest BCUT2D eigenvalue weighted by atomic mass is 15.4. The van der Waals surface area contributed by atoms with Gasteiger partial charge in [0, 0.05) is 43.8 Å². The molecule has 2 aliphatic heterocycles. The second kappa shape index (κ2) is 10.6. The molecule has 2 bridgehead atoms. The number of aryl methyl sites for hydroxylation is 1. The summed E-state index contributed by atoms with van der Waals surface area (Å²) in [5, 5.41) is 0. The molecule has 3 heterocycles. The molecule has 158 valence electrons. The Balaban J connectivity index is 1.47. The summed E-state index contributed by atoms with van der Waals surface area (Å²) >= 11 is 0. The fraction of sp³-hybridized carbons (Fsp3) is 0.833. The molecule has 3 rings (SSSR count). The molecule has 0 N–H and O–H groups in total. The van der Waals surface area contributed by atoms with Crippen molar-refractivity contribution in [3.8, 4) is 0 Å². The third kappa shape index (κ3) is 5.68. The van der Waals surface area contributed by atoms with Crippen molar-refractivity contribution in [2.75, 3.05) is 18.0 Å². The molecule has 2 aliphatic rings. The topological polar surface area (TPSA) is 32.3 Å². The minimum atomic E-state index is 0.636. The summed E-state index contributed by atoms with van der Waals surface area (Å²) in [7, 11) is 0. The van der Waals surface area contributed by atoms with Crippen molar-refractivity contribution < 1.29 is 0 Å². The number of aromatic nitrogens is 2. The zero-order valence-electron chi connectivity index (χ0n) is 18.7. The molecule has 28 heavy (non-hydrogen) atoms. The van der Waals surface area contributed by atoms with E-state index in [1.54, 1.807) is 0 Å². The van der Waals surface area contributed by atoms with Crippen molar-refractivity contribution in [3.05, 3.63) is 18.1 Å². The minimum Gasteiger partial charge on any atom is -0.348 e. The van der Waals surface area contributed by atoms with Crippen LogP contribution < -0.4 is 4.90 Å². The van der Waals surface area contributed by atoms with Gasteiger partial charge in [0.1, 0.15) is 11.6 Å². The Hall–Kier alpha value is -1.16. The Morgan fingerprint density at radius 2 is 1.68 bits per heavy atom. The van der Waals surface area contributed by atoms with Gasteiger partial charge in [-0.2, -0.15) is 0 Å². The molecular weight excluding hydrogens is 344 g/mol. The summed E-state index contributed by atoms with van der Waals surface area (Å²) in [6, 6.07) is 4.11. The second-order valence-corrected chi connectivity index (χ2v) is 9.53. The summed E-state index contributed by atoms with van der Waals surface area (Å²) in [6.45, 7) is 11.7. The smallest absolute Gasteiger partial charge is 0.132 e. The number of likely N-dealkylation sites (tertiary alicyclic amines) is 1. The van der Waals surface area contributed by atoms with Crippen LogP contribution in [-0.2, 0) is 6.42 Å². The minimum absolute atomic E-state index is 0.636. The average molecular weight is 387 g/mol. The van der Waals surface area contributed by atoms with Crippen LogP contribution in [0.4, 0.5) is 5.82 Å². The maximum absolute atomic E-state index is 4.98. The lowest BCUT2D eigenvalue weighted by Crippen LogP contribution is -2.56. The summed E-state index contributed by atoms with van der Waals surface area (Å²) < 4.78 is 0. The number of piperazine rings is 1. The van der Waals surface area contributed by atoms with Crippen LogP contribution in [0.3, 0.4) is 0 Å². The average Bonchev–Trinajstić information content (AvgIpc) is 2.96. The molecule has 0 amide bonds. The Kier molecular flexibility index (Phi) is 8.13. The van der Waals surface area contributed by atoms with E-state index in [2.05, 4.69) is 48.5 Å². The van der Waals surface area contributed by atoms with Crippen molar-refractivity contribution >= 4 is 5.82 Å². The zero-order valence-corrected chi connectivity index (χ0v) is 18.7. The van der Waals surface area contributed by atoms with Crippen LogP contribution in [0.15, 0.2) is 12.3 Å². The van der Waals surface area contributed by atoms with Gasteiger partial charge in [0.25, 0.3) is 0 Å². The molecule has 1 aromatic heterocycles. The van der Waals surface area contributed by atoms with Crippen LogP contribution in [0.5, 0.6) is 0 Å². The van der Waals surface area contributed by atoms with Crippen molar-refractivity contribution in [1.82, 2.24) is 14.9 Å². The third-order valence-corrected chi connectivity index (χ3v) is 6.86. The first-order valence-electron chi connectivity index (χ1n) is 11.9. The maximum atomic E-state index is 4.98. The number of unbranched alkanes of at least 4 members (excludes halogenated alkanes) is 4. The van der Waals surface area contributed by atoms with Gasteiger partial charge in [-0.1, -0.05) is 52.9 Å². The van der Waals surface area contributed by atoms with Gasteiger partial charge >= 0.3 is 0 Å². The van der Waals surface area contributed by atoms with E-state index in [1.807, 2.05) is 6.20 Å². The molecule has 2 saturated heterocycles. The van der Waals surface area contributed by atoms with Crippen molar-refractivity contribution in [3.63, 3.8) is 0 Å². The lowest BCUT2D eigenvalue weighted by atomic mass is 10.0. The molecule has 0 saturated carbocycles. The van der Waals surface area contributed by atoms with E-state index in [9.17, 15) is 0 Å². The summed E-state index contributed by atoms with van der Waals surface area (Å²) in [4.78, 5) is 14.9. The SMILES string of the molecule is CCC(C)N1CC2CCC(C1)N2c1ccnc(CCCCCCCC(C)C)n1. The van der Waals surface area contributed by atoms with Crippen LogP contribution in [-0.4, -0.2) is 46.1 Å². The van der Waals surface area contributed by atoms with E-state index in [4.69, 9.17) is 4.98 Å². The van der Waals surface area contributed by atoms with Gasteiger partial charge in [0.2, 0.25) is 0 Å². The highest BCUT2D eigenvalue weighted by molar-refractivity contribution is 5.43. The highest BCUT2D eigenvalue weighted by Crippen LogP contribution is 2.34. The highest BCUT2D eigenvalue weighted by Gasteiger charge is 2.41. The molecule has 0 aromatic carbocycles. The van der Waals surface area contributed by atoms with Crippen LogP contribution in [0.1, 0.15) is 91.3 Å². The van der Waals surface area contributed by atoms with E-state index in [0.29, 0.717) is 18.1 Å². The van der Waals surface area contributed by atoms with Gasteiger partial charge in [-0.3, -0.25) is 4.90 Å². The number of hydrogen-bond acceptors (Lipinski definition) is 4. The van der Waals surface area contributed by atoms with Crippen molar-refractivity contribution in [2.45, 2.75) is 110 Å². The quantitative estimate of drug-likeness (QED) is 0.472. The van der Waals surface area contributed by atoms with Crippen LogP contribution in [0.25, 0.3) is 0 Å². The number of nitrogens with zero attached hydrogens (tertiary/aromatic N) is 4. The molecular formula is C24H42N4. The maximum Gasteiger partial charge on any atom is 0.132 e. The second-order valence-electron chi connectivity index (χ2n) is 9.53. The fourth-order valence-electron chi connectivity index (χ4n) is 4.95. The predicted molar refractivity (Wildman–Crippen MR) is 119 cm³/mol. The Labute approximate surface area is 173 Å². The fourth-order valence-corrected chi connectivity index (χ4v) is 4.95. The van der Waals surface area contributed by atoms with E-state index in [-0.39, 0.29) is 0 Å². The molecule has 0 aliphatic carbocycles. The first-order chi connectivity index (χ1) is 13.6. The van der Waals surface area contributed by atoms with Gasteiger partial charge in [-0.25, -0.2) is 9.97 Å². The predicted octanol–water partition coefficient (Wildman–Crippen LogP) is 5.47.